The molecule has 2 rings (SSSR count). The number of H-pyrrole nitrogens is 1. The molecule has 0 saturated heterocycles. The van der Waals surface area contributed by atoms with Gasteiger partial charge in [-0.2, -0.15) is 0 Å². The fourth-order valence-corrected chi connectivity index (χ4v) is 2.59. The van der Waals surface area contributed by atoms with E-state index in [1.807, 2.05) is 13.8 Å². The van der Waals surface area contributed by atoms with E-state index in [9.17, 15) is 9.59 Å². The van der Waals surface area contributed by atoms with Crippen LogP contribution in [0.2, 0.25) is 0 Å². The third kappa shape index (κ3) is 3.07. The zero-order chi connectivity index (χ0) is 14.7. The van der Waals surface area contributed by atoms with Gasteiger partial charge in [0.25, 0.3) is 0 Å². The lowest BCUT2D eigenvalue weighted by atomic mass is 10.4. The number of nitrogens with one attached hydrogen (secondary N) is 1. The molecule has 0 spiro atoms. The summed E-state index contributed by atoms with van der Waals surface area (Å²) in [7, 11) is 0. The molecular weight excluding hydrogens is 284 g/mol. The molecule has 0 fully saturated rings. The van der Waals surface area contributed by atoms with Crippen molar-refractivity contribution in [2.45, 2.75) is 31.6 Å². The van der Waals surface area contributed by atoms with Gasteiger partial charge in [-0.3, -0.25) is 9.25 Å². The van der Waals surface area contributed by atoms with Crippen LogP contribution in [0.25, 0.3) is 0 Å². The first-order valence-corrected chi connectivity index (χ1v) is 6.90. The fourth-order valence-electron chi connectivity index (χ4n) is 1.58. The molecule has 9 nitrogen and oxygen atoms in total. The highest BCUT2D eigenvalue weighted by Gasteiger charge is 2.12. The summed E-state index contributed by atoms with van der Waals surface area (Å²) in [6, 6.07) is 0.0220. The monoisotopic (exact) mass is 298 g/mol. The van der Waals surface area contributed by atoms with E-state index in [-0.39, 0.29) is 17.4 Å². The van der Waals surface area contributed by atoms with Crippen molar-refractivity contribution in [3.8, 4) is 0 Å². The third-order valence-electron chi connectivity index (χ3n) is 2.50. The summed E-state index contributed by atoms with van der Waals surface area (Å²) >= 11 is 1.39. The standard InChI is InChI=1S/C10H14N6O3S/c1-6(2)16-9(19)12-13-10(16)20-4-3-15-5-7(8(17)18)11-14-15/h5-6H,3-4H2,1-2H3,(H,12,19)(H,17,18). The van der Waals surface area contributed by atoms with Crippen LogP contribution in [0.15, 0.2) is 16.1 Å². The van der Waals surface area contributed by atoms with Gasteiger partial charge in [-0.15, -0.1) is 10.2 Å². The summed E-state index contributed by atoms with van der Waals surface area (Å²) in [6.45, 7) is 4.28. The van der Waals surface area contributed by atoms with E-state index in [1.54, 1.807) is 4.57 Å². The second kappa shape index (κ2) is 5.90. The van der Waals surface area contributed by atoms with E-state index in [0.717, 1.165) is 0 Å². The maximum atomic E-state index is 11.5. The Balaban J connectivity index is 1.96. The van der Waals surface area contributed by atoms with Crippen molar-refractivity contribution in [2.24, 2.45) is 0 Å². The Morgan fingerprint density at radius 1 is 1.55 bits per heavy atom. The third-order valence-corrected chi connectivity index (χ3v) is 3.43. The Morgan fingerprint density at radius 2 is 2.30 bits per heavy atom. The molecule has 0 aliphatic carbocycles. The minimum Gasteiger partial charge on any atom is -0.476 e. The maximum Gasteiger partial charge on any atom is 0.358 e. The Kier molecular flexibility index (Phi) is 4.23. The van der Waals surface area contributed by atoms with E-state index < -0.39 is 5.97 Å². The number of aromatic carboxylic acids is 1. The number of aromatic nitrogens is 6. The SMILES string of the molecule is CC(C)n1c(SCCn2cc(C(=O)O)nn2)n[nH]c1=O. The Hall–Kier alpha value is -2.10. The zero-order valence-corrected chi connectivity index (χ0v) is 11.8. The molecule has 10 heteroatoms. The zero-order valence-electron chi connectivity index (χ0n) is 11.0. The number of carboxylic acid groups (broad SMARTS) is 1. The Bertz CT molecular complexity index is 658. The summed E-state index contributed by atoms with van der Waals surface area (Å²) in [5.74, 6) is -0.510. The molecule has 2 heterocycles. The second-order valence-electron chi connectivity index (χ2n) is 4.30. The van der Waals surface area contributed by atoms with Crippen molar-refractivity contribution in [2.75, 3.05) is 5.75 Å². The lowest BCUT2D eigenvalue weighted by Crippen LogP contribution is -2.19. The highest BCUT2D eigenvalue weighted by Crippen LogP contribution is 2.16. The summed E-state index contributed by atoms with van der Waals surface area (Å²) in [6.07, 6.45) is 1.36. The predicted octanol–water partition coefficient (Wildman–Crippen LogP) is 0.234. The topological polar surface area (TPSA) is 119 Å². The molecule has 0 amide bonds. The molecule has 0 aliphatic heterocycles. The summed E-state index contributed by atoms with van der Waals surface area (Å²) in [4.78, 5) is 22.2. The average molecular weight is 298 g/mol. The largest absolute Gasteiger partial charge is 0.476 e. The first-order chi connectivity index (χ1) is 9.49. The van der Waals surface area contributed by atoms with Crippen LogP contribution in [-0.4, -0.2) is 46.6 Å². The molecule has 2 aromatic heterocycles. The van der Waals surface area contributed by atoms with Crippen molar-refractivity contribution in [3.63, 3.8) is 0 Å². The second-order valence-corrected chi connectivity index (χ2v) is 5.36. The van der Waals surface area contributed by atoms with Crippen LogP contribution in [0, 0.1) is 0 Å². The van der Waals surface area contributed by atoms with Gasteiger partial charge in [0.15, 0.2) is 10.9 Å². The summed E-state index contributed by atoms with van der Waals surface area (Å²) in [5, 5.41) is 22.9. The molecule has 20 heavy (non-hydrogen) atoms. The first-order valence-electron chi connectivity index (χ1n) is 5.92. The van der Waals surface area contributed by atoms with Crippen molar-refractivity contribution in [3.05, 3.63) is 22.4 Å². The van der Waals surface area contributed by atoms with Crippen molar-refractivity contribution in [1.82, 2.24) is 29.8 Å². The number of rotatable bonds is 6. The number of thioether (sulfide) groups is 1. The van der Waals surface area contributed by atoms with Crippen LogP contribution in [0.5, 0.6) is 0 Å². The van der Waals surface area contributed by atoms with Crippen molar-refractivity contribution in [1.29, 1.82) is 0 Å². The molecule has 2 aromatic rings. The highest BCUT2D eigenvalue weighted by molar-refractivity contribution is 7.99. The van der Waals surface area contributed by atoms with Crippen molar-refractivity contribution >= 4 is 17.7 Å². The van der Waals surface area contributed by atoms with Gasteiger partial charge in [0.2, 0.25) is 0 Å². The predicted molar refractivity (Wildman–Crippen MR) is 70.9 cm³/mol. The maximum absolute atomic E-state index is 11.5. The minimum atomic E-state index is -1.11. The Morgan fingerprint density at radius 3 is 2.90 bits per heavy atom. The van der Waals surface area contributed by atoms with E-state index >= 15 is 0 Å². The molecule has 0 atom stereocenters. The lowest BCUT2D eigenvalue weighted by molar-refractivity contribution is 0.0690. The van der Waals surface area contributed by atoms with Gasteiger partial charge in [-0.05, 0) is 13.8 Å². The highest BCUT2D eigenvalue weighted by atomic mass is 32.2. The molecule has 0 unspecified atom stereocenters. The van der Waals surface area contributed by atoms with E-state index in [0.29, 0.717) is 17.5 Å². The molecular formula is C10H14N6O3S. The van der Waals surface area contributed by atoms with Gasteiger partial charge in [0.05, 0.1) is 12.7 Å². The lowest BCUT2D eigenvalue weighted by Gasteiger charge is -2.08. The van der Waals surface area contributed by atoms with Crippen LogP contribution < -0.4 is 5.69 Å². The Labute approximate surface area is 118 Å². The van der Waals surface area contributed by atoms with Crippen LogP contribution in [0.4, 0.5) is 0 Å². The van der Waals surface area contributed by atoms with Crippen LogP contribution in [0.1, 0.15) is 30.4 Å². The summed E-state index contributed by atoms with van der Waals surface area (Å²) in [5.41, 5.74) is -0.328. The molecule has 0 aromatic carbocycles. The van der Waals surface area contributed by atoms with Crippen molar-refractivity contribution < 1.29 is 9.90 Å². The van der Waals surface area contributed by atoms with Crippen LogP contribution in [0.3, 0.4) is 0 Å². The number of aryl methyl sites for hydroxylation is 1. The fraction of sp³-hybridized carbons (Fsp3) is 0.500. The van der Waals surface area contributed by atoms with Crippen LogP contribution >= 0.6 is 11.8 Å². The van der Waals surface area contributed by atoms with E-state index in [2.05, 4.69) is 20.5 Å². The molecule has 0 bridgehead atoms. The minimum absolute atomic E-state index is 0.0220. The quantitative estimate of drug-likeness (QED) is 0.733. The first kappa shape index (κ1) is 14.3. The van der Waals surface area contributed by atoms with Gasteiger partial charge >= 0.3 is 11.7 Å². The normalized spacial score (nSPS) is 11.2. The number of hydrogen-bond acceptors (Lipinski definition) is 6. The summed E-state index contributed by atoms with van der Waals surface area (Å²) < 4.78 is 3.01. The average Bonchev–Trinajstić information content (AvgIpc) is 2.96. The molecule has 2 N–H and O–H groups in total. The van der Waals surface area contributed by atoms with Gasteiger partial charge < -0.3 is 5.11 Å². The number of hydrogen-bond donors (Lipinski definition) is 2. The smallest absolute Gasteiger partial charge is 0.358 e. The number of aromatic amines is 1. The molecule has 0 aliphatic rings. The molecule has 0 radical (unpaired) electrons. The number of nitrogens with zero attached hydrogens (tertiary/aromatic N) is 5. The molecule has 0 saturated carbocycles. The van der Waals surface area contributed by atoms with Gasteiger partial charge in [0.1, 0.15) is 0 Å². The van der Waals surface area contributed by atoms with E-state index in [4.69, 9.17) is 5.11 Å². The number of carbonyl (C=O) groups is 1. The van der Waals surface area contributed by atoms with Crippen LogP contribution in [-0.2, 0) is 6.54 Å². The van der Waals surface area contributed by atoms with Gasteiger partial charge in [0, 0.05) is 11.8 Å². The number of carboxylic acids is 1. The van der Waals surface area contributed by atoms with Gasteiger partial charge in [-0.1, -0.05) is 17.0 Å². The van der Waals surface area contributed by atoms with Gasteiger partial charge in [-0.25, -0.2) is 14.7 Å². The molecule has 108 valence electrons. The van der Waals surface area contributed by atoms with E-state index in [1.165, 1.54) is 22.6 Å².